The minimum atomic E-state index is -1.83. The molecule has 0 heterocycles. The lowest BCUT2D eigenvalue weighted by molar-refractivity contribution is -0.938. The van der Waals surface area contributed by atoms with Crippen LogP contribution in [0.15, 0.2) is 30.3 Å². The molecule has 186 valence electrons. The summed E-state index contributed by atoms with van der Waals surface area (Å²) in [4.78, 5) is 8.56. The Morgan fingerprint density at radius 3 is 1.41 bits per heavy atom. The summed E-state index contributed by atoms with van der Waals surface area (Å²) in [6, 6.07) is 11.1. The molecule has 0 unspecified atom stereocenters. The highest BCUT2D eigenvalue weighted by molar-refractivity contribution is 5.53. The molecule has 1 aromatic carbocycles. The van der Waals surface area contributed by atoms with Crippen LogP contribution in [0.4, 0.5) is 4.79 Å². The van der Waals surface area contributed by atoms with Crippen molar-refractivity contribution >= 4 is 6.16 Å². The molecule has 32 heavy (non-hydrogen) atoms. The van der Waals surface area contributed by atoms with Gasteiger partial charge in [-0.1, -0.05) is 114 Å². The van der Waals surface area contributed by atoms with Crippen molar-refractivity contribution in [3.8, 4) is 0 Å². The van der Waals surface area contributed by atoms with Crippen LogP contribution in [0.5, 0.6) is 0 Å². The highest BCUT2D eigenvalue weighted by atomic mass is 16.6. The topological polar surface area (TPSA) is 57.5 Å². The Kier molecular flexibility index (Phi) is 20.3. The Bertz CT molecular complexity index is 525. The smallest absolute Gasteiger partial charge is 0.450 e. The first-order chi connectivity index (χ1) is 15.5. The van der Waals surface area contributed by atoms with Crippen molar-refractivity contribution in [3.63, 3.8) is 0 Å². The van der Waals surface area contributed by atoms with Crippen molar-refractivity contribution in [3.05, 3.63) is 35.9 Å². The number of rotatable bonds is 19. The Morgan fingerprint density at radius 1 is 0.656 bits per heavy atom. The van der Waals surface area contributed by atoms with Crippen LogP contribution in [-0.2, 0) is 6.54 Å². The number of carbonyl (C=O) groups is 1. The fourth-order valence-electron chi connectivity index (χ4n) is 4.45. The second-order valence-electron chi connectivity index (χ2n) is 9.22. The predicted molar refractivity (Wildman–Crippen MR) is 137 cm³/mol. The van der Waals surface area contributed by atoms with Crippen molar-refractivity contribution in [2.75, 3.05) is 19.6 Å². The molecule has 0 spiro atoms. The molecule has 0 aliphatic carbocycles. The van der Waals surface area contributed by atoms with E-state index >= 15 is 0 Å². The second-order valence-corrected chi connectivity index (χ2v) is 9.22. The summed E-state index contributed by atoms with van der Waals surface area (Å²) in [5.41, 5.74) is 1.50. The lowest BCUT2D eigenvalue weighted by Gasteiger charge is -2.37. The van der Waals surface area contributed by atoms with E-state index in [-0.39, 0.29) is 0 Å². The number of carboxylic acid groups (broad SMARTS) is 2. The molecular formula is C28H52NO3+. The van der Waals surface area contributed by atoms with E-state index in [1.165, 1.54) is 126 Å². The molecule has 1 rings (SSSR count). The van der Waals surface area contributed by atoms with Crippen molar-refractivity contribution in [1.82, 2.24) is 0 Å². The molecule has 0 amide bonds. The first-order valence-corrected chi connectivity index (χ1v) is 13.3. The summed E-state index contributed by atoms with van der Waals surface area (Å²) in [7, 11) is 0. The molecule has 0 radical (unpaired) electrons. The highest BCUT2D eigenvalue weighted by Crippen LogP contribution is 2.18. The molecule has 0 aliphatic rings. The third-order valence-corrected chi connectivity index (χ3v) is 6.69. The van der Waals surface area contributed by atoms with Crippen LogP contribution in [0.25, 0.3) is 0 Å². The standard InChI is InChI=1S/C27H50N.CH2O3/c1-4-7-8-9-10-11-12-13-14-15-16-17-18-22-25-28(5-2,6-3)26-27-23-20-19-21-24-27;2-1(3)4/h19-21,23-24H,4-18,22,25-26H2,1-3H3;(H2,2,3,4)/q+1;. The molecule has 2 N–H and O–H groups in total. The normalized spacial score (nSPS) is 11.1. The molecule has 4 nitrogen and oxygen atoms in total. The zero-order chi connectivity index (χ0) is 23.9. The number of unbranched alkanes of at least 4 members (excludes halogenated alkanes) is 13. The van der Waals surface area contributed by atoms with Crippen molar-refractivity contribution in [2.24, 2.45) is 0 Å². The maximum atomic E-state index is 8.56. The average molecular weight is 451 g/mol. The summed E-state index contributed by atoms with van der Waals surface area (Å²) in [5.74, 6) is 0. The molecule has 0 fully saturated rings. The third kappa shape index (κ3) is 18.1. The van der Waals surface area contributed by atoms with E-state index in [9.17, 15) is 0 Å². The first kappa shape index (κ1) is 30.4. The fourth-order valence-corrected chi connectivity index (χ4v) is 4.45. The Morgan fingerprint density at radius 2 is 1.03 bits per heavy atom. The van der Waals surface area contributed by atoms with Gasteiger partial charge in [0.15, 0.2) is 0 Å². The van der Waals surface area contributed by atoms with Gasteiger partial charge in [-0.25, -0.2) is 4.79 Å². The molecule has 0 aliphatic heterocycles. The van der Waals surface area contributed by atoms with Gasteiger partial charge < -0.3 is 14.7 Å². The van der Waals surface area contributed by atoms with Crippen molar-refractivity contribution < 1.29 is 19.5 Å². The van der Waals surface area contributed by atoms with Crippen molar-refractivity contribution in [1.29, 1.82) is 0 Å². The zero-order valence-electron chi connectivity index (χ0n) is 21.4. The molecular weight excluding hydrogens is 398 g/mol. The zero-order valence-corrected chi connectivity index (χ0v) is 21.4. The highest BCUT2D eigenvalue weighted by Gasteiger charge is 2.22. The van der Waals surface area contributed by atoms with E-state index in [1.54, 1.807) is 0 Å². The second kappa shape index (κ2) is 21.3. The molecule has 0 atom stereocenters. The number of benzene rings is 1. The first-order valence-electron chi connectivity index (χ1n) is 13.3. The van der Waals surface area contributed by atoms with Gasteiger partial charge in [-0.05, 0) is 26.7 Å². The fraction of sp³-hybridized carbons (Fsp3) is 0.750. The Balaban J connectivity index is 0.00000220. The molecule has 0 bridgehead atoms. The van der Waals surface area contributed by atoms with Crippen LogP contribution in [0.2, 0.25) is 0 Å². The third-order valence-electron chi connectivity index (χ3n) is 6.69. The van der Waals surface area contributed by atoms with Gasteiger partial charge in [-0.15, -0.1) is 0 Å². The lowest BCUT2D eigenvalue weighted by Crippen LogP contribution is -2.47. The molecule has 0 aromatic heterocycles. The van der Waals surface area contributed by atoms with Gasteiger partial charge in [0.05, 0.1) is 19.6 Å². The van der Waals surface area contributed by atoms with Gasteiger partial charge >= 0.3 is 6.16 Å². The van der Waals surface area contributed by atoms with E-state index in [4.69, 9.17) is 15.0 Å². The Labute approximate surface area is 198 Å². The summed E-state index contributed by atoms with van der Waals surface area (Å²) < 4.78 is 1.25. The summed E-state index contributed by atoms with van der Waals surface area (Å²) in [6.45, 7) is 12.1. The number of hydrogen-bond acceptors (Lipinski definition) is 1. The van der Waals surface area contributed by atoms with E-state index < -0.39 is 6.16 Å². The molecule has 0 saturated carbocycles. The number of hydrogen-bond donors (Lipinski definition) is 2. The molecule has 0 saturated heterocycles. The lowest BCUT2D eigenvalue weighted by atomic mass is 10.0. The number of quaternary nitrogens is 1. The average Bonchev–Trinajstić information content (AvgIpc) is 2.79. The van der Waals surface area contributed by atoms with Gasteiger partial charge in [-0.2, -0.15) is 0 Å². The van der Waals surface area contributed by atoms with Crippen LogP contribution >= 0.6 is 0 Å². The summed E-state index contributed by atoms with van der Waals surface area (Å²) >= 11 is 0. The minimum Gasteiger partial charge on any atom is -0.450 e. The Hall–Kier alpha value is -1.55. The SMILES string of the molecule is CCCCCCCCCCCCCCCC[N+](CC)(CC)Cc1ccccc1.O=C(O)O. The minimum absolute atomic E-state index is 1.20. The summed E-state index contributed by atoms with van der Waals surface area (Å²) in [6.07, 6.45) is 18.4. The molecule has 4 heteroatoms. The summed E-state index contributed by atoms with van der Waals surface area (Å²) in [5, 5.41) is 13.9. The monoisotopic (exact) mass is 450 g/mol. The van der Waals surface area contributed by atoms with Crippen LogP contribution in [0.3, 0.4) is 0 Å². The maximum absolute atomic E-state index is 8.56. The van der Waals surface area contributed by atoms with Crippen LogP contribution in [0, 0.1) is 0 Å². The van der Waals surface area contributed by atoms with Crippen LogP contribution in [0.1, 0.15) is 116 Å². The number of nitrogens with zero attached hydrogens (tertiary/aromatic N) is 1. The van der Waals surface area contributed by atoms with E-state index in [0.717, 1.165) is 0 Å². The van der Waals surface area contributed by atoms with E-state index in [1.807, 2.05) is 0 Å². The van der Waals surface area contributed by atoms with Gasteiger partial charge in [-0.3, -0.25) is 0 Å². The van der Waals surface area contributed by atoms with Crippen molar-refractivity contribution in [2.45, 2.75) is 117 Å². The van der Waals surface area contributed by atoms with Crippen LogP contribution in [-0.4, -0.2) is 40.5 Å². The van der Waals surface area contributed by atoms with E-state index in [0.29, 0.717) is 0 Å². The van der Waals surface area contributed by atoms with E-state index in [2.05, 4.69) is 51.1 Å². The van der Waals surface area contributed by atoms with Gasteiger partial charge in [0.1, 0.15) is 6.54 Å². The largest absolute Gasteiger partial charge is 0.503 e. The quantitative estimate of drug-likeness (QED) is 0.164. The van der Waals surface area contributed by atoms with Gasteiger partial charge in [0.2, 0.25) is 0 Å². The molecule has 1 aromatic rings. The van der Waals surface area contributed by atoms with Crippen LogP contribution < -0.4 is 0 Å². The van der Waals surface area contributed by atoms with Gasteiger partial charge in [0.25, 0.3) is 0 Å². The maximum Gasteiger partial charge on any atom is 0.503 e. The van der Waals surface area contributed by atoms with Gasteiger partial charge in [0, 0.05) is 5.56 Å². The predicted octanol–water partition coefficient (Wildman–Crippen LogP) is 8.75.